The lowest BCUT2D eigenvalue weighted by Crippen LogP contribution is -2.34. The molecule has 1 fully saturated rings. The van der Waals surface area contributed by atoms with Gasteiger partial charge in [-0.2, -0.15) is 0 Å². The summed E-state index contributed by atoms with van der Waals surface area (Å²) in [6.45, 7) is 1.12. The molecule has 1 aliphatic heterocycles. The maximum absolute atomic E-state index is 14.4. The molecule has 26 heavy (non-hydrogen) atoms. The molecule has 0 amide bonds. The molecule has 0 unspecified atom stereocenters. The van der Waals surface area contributed by atoms with Gasteiger partial charge in [-0.3, -0.25) is 13.4 Å². The Balaban J connectivity index is 1.66. The Kier molecular flexibility index (Phi) is 4.52. The van der Waals surface area contributed by atoms with Crippen molar-refractivity contribution >= 4 is 28.0 Å². The largest absolute Gasteiger partial charge is 0.314 e. The zero-order chi connectivity index (χ0) is 18.3. The number of nitrogens with zero attached hydrogens (tertiary/aromatic N) is 2. The van der Waals surface area contributed by atoms with Crippen molar-refractivity contribution in [2.75, 3.05) is 21.7 Å². The van der Waals surface area contributed by atoms with Crippen LogP contribution in [0.1, 0.15) is 19.3 Å². The minimum Gasteiger partial charge on any atom is -0.314 e. The fourth-order valence-electron chi connectivity index (χ4n) is 3.19. The van der Waals surface area contributed by atoms with E-state index >= 15 is 0 Å². The summed E-state index contributed by atoms with van der Waals surface area (Å²) in [7, 11) is -3.61. The Bertz CT molecular complexity index is 797. The summed E-state index contributed by atoms with van der Waals surface area (Å²) < 4.78 is 52.9. The molecule has 1 heterocycles. The Morgan fingerprint density at radius 3 is 2.31 bits per heavy atom. The van der Waals surface area contributed by atoms with Gasteiger partial charge in [0.1, 0.15) is 5.69 Å². The number of benzene rings is 2. The second-order valence-corrected chi connectivity index (χ2v) is 8.31. The highest BCUT2D eigenvalue weighted by Gasteiger charge is 2.43. The summed E-state index contributed by atoms with van der Waals surface area (Å²) in [5, 5.41) is 3.38. The Labute approximate surface area is 152 Å². The predicted molar refractivity (Wildman–Crippen MR) is 101 cm³/mol. The Morgan fingerprint density at radius 2 is 1.65 bits per heavy atom. The summed E-state index contributed by atoms with van der Waals surface area (Å²) in [4.78, 5) is 0. The van der Waals surface area contributed by atoms with Crippen LogP contribution in [0.25, 0.3) is 0 Å². The van der Waals surface area contributed by atoms with Gasteiger partial charge in [0.25, 0.3) is 0 Å². The average molecular weight is 381 g/mol. The van der Waals surface area contributed by atoms with E-state index in [1.165, 1.54) is 23.2 Å². The number of rotatable bonds is 6. The molecule has 0 saturated heterocycles. The number of anilines is 3. The van der Waals surface area contributed by atoms with Crippen LogP contribution in [0.4, 0.5) is 25.8 Å². The molecule has 2 aliphatic rings. The monoisotopic (exact) mass is 381 g/mol. The molecule has 0 aromatic heterocycles. The van der Waals surface area contributed by atoms with Crippen molar-refractivity contribution in [3.05, 3.63) is 54.1 Å². The zero-order valence-corrected chi connectivity index (χ0v) is 14.9. The van der Waals surface area contributed by atoms with Gasteiger partial charge < -0.3 is 5.32 Å². The number of fused-ring (bicyclic) bond motifs is 1. The van der Waals surface area contributed by atoms with Crippen LogP contribution in [0.5, 0.6) is 0 Å². The molecule has 8 heteroatoms. The topological polar surface area (TPSA) is 59.0 Å². The minimum atomic E-state index is -3.61. The number of halogens is 2. The third-order valence-electron chi connectivity index (χ3n) is 4.60. The van der Waals surface area contributed by atoms with E-state index in [-0.39, 0.29) is 0 Å². The molecule has 1 aliphatic carbocycles. The van der Waals surface area contributed by atoms with E-state index in [0.29, 0.717) is 30.4 Å². The van der Waals surface area contributed by atoms with Crippen molar-refractivity contribution in [3.8, 4) is 0 Å². The molecule has 5 nitrogen and oxygen atoms in total. The quantitative estimate of drug-likeness (QED) is 0.636. The molecule has 0 spiro atoms. The summed E-state index contributed by atoms with van der Waals surface area (Å²) in [6, 6.07) is 10.9. The van der Waals surface area contributed by atoms with Crippen molar-refractivity contribution in [3.63, 3.8) is 0 Å². The number of para-hydroxylation sites is 3. The summed E-state index contributed by atoms with van der Waals surface area (Å²) in [6.07, 6.45) is 3.05. The van der Waals surface area contributed by atoms with Crippen molar-refractivity contribution in [2.45, 2.75) is 25.3 Å². The van der Waals surface area contributed by atoms with E-state index in [2.05, 4.69) is 5.32 Å². The van der Waals surface area contributed by atoms with Gasteiger partial charge in [-0.1, -0.05) is 18.2 Å². The number of hydrogen-bond acceptors (Lipinski definition) is 5. The third kappa shape index (κ3) is 3.03. The van der Waals surface area contributed by atoms with Crippen molar-refractivity contribution in [1.82, 2.24) is 5.32 Å². The smallest absolute Gasteiger partial charge is 0.151 e. The molecule has 1 saturated carbocycles. The fraction of sp³-hybridized carbons (Fsp3) is 0.333. The first-order chi connectivity index (χ1) is 12.5. The van der Waals surface area contributed by atoms with Crippen molar-refractivity contribution < 1.29 is 17.9 Å². The molecule has 0 atom stereocenters. The van der Waals surface area contributed by atoms with E-state index < -0.39 is 28.3 Å². The van der Waals surface area contributed by atoms with E-state index in [1.807, 2.05) is 0 Å². The first-order valence-corrected chi connectivity index (χ1v) is 10.1. The molecule has 0 radical (unpaired) electrons. The molecule has 2 aromatic carbocycles. The van der Waals surface area contributed by atoms with Crippen LogP contribution in [-0.4, -0.2) is 28.2 Å². The van der Waals surface area contributed by atoms with Crippen LogP contribution >= 0.6 is 11.0 Å². The lowest BCUT2D eigenvalue weighted by Gasteiger charge is -2.43. The van der Waals surface area contributed by atoms with Crippen molar-refractivity contribution in [2.24, 2.45) is 0 Å². The van der Waals surface area contributed by atoms with Gasteiger partial charge in [-0.25, -0.2) is 13.1 Å². The fourth-order valence-corrected chi connectivity index (χ4v) is 5.02. The number of hydrogen-bond donors (Lipinski definition) is 3. The highest BCUT2D eigenvalue weighted by atomic mass is 32.3. The van der Waals surface area contributed by atoms with Gasteiger partial charge in [0.2, 0.25) is 0 Å². The average Bonchev–Trinajstić information content (AvgIpc) is 3.39. The van der Waals surface area contributed by atoms with E-state index in [9.17, 15) is 17.9 Å². The maximum atomic E-state index is 14.4. The highest BCUT2D eigenvalue weighted by molar-refractivity contribution is 8.27. The van der Waals surface area contributed by atoms with Gasteiger partial charge in [0, 0.05) is 12.6 Å². The molecule has 2 aromatic rings. The SMILES string of the molecule is OS1(O)N(CCCNC2CC2)c2ccccc2N1c1c(F)cccc1F. The van der Waals surface area contributed by atoms with Crippen LogP contribution < -0.4 is 13.9 Å². The van der Waals surface area contributed by atoms with E-state index in [1.54, 1.807) is 24.3 Å². The van der Waals surface area contributed by atoms with Gasteiger partial charge in [-0.15, -0.1) is 0 Å². The Morgan fingerprint density at radius 1 is 1.00 bits per heavy atom. The van der Waals surface area contributed by atoms with Gasteiger partial charge in [0.05, 0.1) is 11.4 Å². The van der Waals surface area contributed by atoms with Crippen LogP contribution in [0, 0.1) is 11.6 Å². The molecule has 3 N–H and O–H groups in total. The molecular formula is C18H21F2N3O2S. The lowest BCUT2D eigenvalue weighted by atomic mass is 10.2. The normalized spacial score (nSPS) is 19.5. The first-order valence-electron chi connectivity index (χ1n) is 8.63. The second-order valence-electron chi connectivity index (χ2n) is 6.53. The molecule has 140 valence electrons. The standard InChI is InChI=1S/C18H21F2N3O2S/c19-14-5-3-6-15(20)18(14)23-17-8-2-1-7-16(17)22(26(23,24)25)12-4-11-21-13-9-10-13/h1-3,5-8,13,21,24-25H,4,9-12H2. The summed E-state index contributed by atoms with van der Waals surface area (Å²) in [5.74, 6) is -1.67. The van der Waals surface area contributed by atoms with Crippen LogP contribution in [0.2, 0.25) is 0 Å². The second kappa shape index (κ2) is 6.70. The van der Waals surface area contributed by atoms with Gasteiger partial charge in [0.15, 0.2) is 11.6 Å². The van der Waals surface area contributed by atoms with E-state index in [4.69, 9.17) is 0 Å². The van der Waals surface area contributed by atoms with Gasteiger partial charge in [-0.05, 0) is 61.0 Å². The maximum Gasteiger partial charge on any atom is 0.151 e. The van der Waals surface area contributed by atoms with E-state index in [0.717, 1.165) is 23.0 Å². The highest BCUT2D eigenvalue weighted by Crippen LogP contribution is 2.64. The van der Waals surface area contributed by atoms with Crippen molar-refractivity contribution in [1.29, 1.82) is 0 Å². The first kappa shape index (κ1) is 17.5. The lowest BCUT2D eigenvalue weighted by molar-refractivity contribution is 0.480. The minimum absolute atomic E-state index is 0.367. The molecule has 0 bridgehead atoms. The molecule has 4 rings (SSSR count). The molecular weight excluding hydrogens is 360 g/mol. The number of nitrogens with one attached hydrogen (secondary N) is 1. The van der Waals surface area contributed by atoms with Crippen LogP contribution in [0.15, 0.2) is 42.5 Å². The summed E-state index contributed by atoms with van der Waals surface area (Å²) in [5.41, 5.74) is 0.492. The zero-order valence-electron chi connectivity index (χ0n) is 14.1. The van der Waals surface area contributed by atoms with Gasteiger partial charge >= 0.3 is 0 Å². The summed E-state index contributed by atoms with van der Waals surface area (Å²) >= 11 is 0. The predicted octanol–water partition coefficient (Wildman–Crippen LogP) is 4.65. The Hall–Kier alpha value is -1.87. The van der Waals surface area contributed by atoms with Crippen LogP contribution in [0.3, 0.4) is 0 Å². The third-order valence-corrected chi connectivity index (χ3v) is 6.44. The van der Waals surface area contributed by atoms with Crippen LogP contribution in [-0.2, 0) is 0 Å².